The van der Waals surface area contributed by atoms with E-state index in [1.807, 2.05) is 0 Å². The number of fused-ring (bicyclic) bond motifs is 1. The van der Waals surface area contributed by atoms with E-state index in [-0.39, 0.29) is 17.6 Å². The van der Waals surface area contributed by atoms with Gasteiger partial charge in [-0.3, -0.25) is 9.80 Å². The van der Waals surface area contributed by atoms with Crippen molar-refractivity contribution in [2.45, 2.75) is 31.2 Å². The zero-order valence-electron chi connectivity index (χ0n) is 17.1. The van der Waals surface area contributed by atoms with Gasteiger partial charge in [0.25, 0.3) is 0 Å². The molecule has 160 valence electrons. The molecule has 0 bridgehead atoms. The molecule has 2 N–H and O–H groups in total. The van der Waals surface area contributed by atoms with Gasteiger partial charge in [0, 0.05) is 50.4 Å². The lowest BCUT2D eigenvalue weighted by molar-refractivity contribution is -0.0488. The van der Waals surface area contributed by atoms with Gasteiger partial charge in [-0.15, -0.1) is 0 Å². The minimum absolute atomic E-state index is 0.232. The van der Waals surface area contributed by atoms with E-state index in [0.717, 1.165) is 51.3 Å². The molecule has 0 saturated carbocycles. The minimum atomic E-state index is -0.583. The Morgan fingerprint density at radius 1 is 0.967 bits per heavy atom. The zero-order valence-corrected chi connectivity index (χ0v) is 17.1. The molecule has 3 aliphatic rings. The van der Waals surface area contributed by atoms with Gasteiger partial charge in [-0.2, -0.15) is 0 Å². The highest BCUT2D eigenvalue weighted by molar-refractivity contribution is 5.23. The number of hydrogen-bond donors (Lipinski definition) is 1. The molecule has 4 nitrogen and oxygen atoms in total. The maximum absolute atomic E-state index is 14.2. The van der Waals surface area contributed by atoms with Crippen LogP contribution in [0.25, 0.3) is 0 Å². The quantitative estimate of drug-likeness (QED) is 0.836. The molecule has 3 saturated heterocycles. The molecule has 3 aliphatic heterocycles. The molecule has 2 unspecified atom stereocenters. The molecular weight excluding hydrogens is 384 g/mol. The fraction of sp³-hybridized carbons (Fsp3) is 0.500. The van der Waals surface area contributed by atoms with Crippen LogP contribution in [-0.2, 0) is 11.3 Å². The molecule has 5 atom stereocenters. The van der Waals surface area contributed by atoms with Crippen LogP contribution in [0.2, 0.25) is 0 Å². The van der Waals surface area contributed by atoms with Gasteiger partial charge in [-0.05, 0) is 42.0 Å². The molecule has 0 radical (unpaired) electrons. The van der Waals surface area contributed by atoms with Gasteiger partial charge in [-0.1, -0.05) is 30.3 Å². The molecule has 0 amide bonds. The van der Waals surface area contributed by atoms with E-state index in [4.69, 9.17) is 10.5 Å². The molecule has 0 aromatic heterocycles. The summed E-state index contributed by atoms with van der Waals surface area (Å²) in [4.78, 5) is 5.07. The highest BCUT2D eigenvalue weighted by Crippen LogP contribution is 2.37. The van der Waals surface area contributed by atoms with Crippen LogP contribution in [-0.4, -0.2) is 54.7 Å². The summed E-state index contributed by atoms with van der Waals surface area (Å²) in [5.41, 5.74) is 7.97. The lowest BCUT2D eigenvalue weighted by Crippen LogP contribution is -2.49. The van der Waals surface area contributed by atoms with E-state index in [0.29, 0.717) is 18.4 Å². The van der Waals surface area contributed by atoms with Crippen LogP contribution in [0.5, 0.6) is 0 Å². The van der Waals surface area contributed by atoms with Gasteiger partial charge in [-0.25, -0.2) is 8.78 Å². The predicted molar refractivity (Wildman–Crippen MR) is 112 cm³/mol. The number of likely N-dealkylation sites (tertiary alicyclic amines) is 2. The van der Waals surface area contributed by atoms with Crippen molar-refractivity contribution in [3.63, 3.8) is 0 Å². The second-order valence-electron chi connectivity index (χ2n) is 9.13. The molecule has 3 fully saturated rings. The van der Waals surface area contributed by atoms with Crippen molar-refractivity contribution < 1.29 is 13.5 Å². The van der Waals surface area contributed by atoms with E-state index < -0.39 is 17.7 Å². The molecule has 5 rings (SSSR count). The Hall–Kier alpha value is -1.86. The predicted octanol–water partition coefficient (Wildman–Crippen LogP) is 3.19. The van der Waals surface area contributed by atoms with Crippen molar-refractivity contribution in [3.8, 4) is 0 Å². The van der Waals surface area contributed by atoms with E-state index in [1.54, 1.807) is 0 Å². The first-order valence-electron chi connectivity index (χ1n) is 10.9. The van der Waals surface area contributed by atoms with Crippen LogP contribution in [0.15, 0.2) is 48.5 Å². The second-order valence-corrected chi connectivity index (χ2v) is 9.13. The Labute approximate surface area is 176 Å². The van der Waals surface area contributed by atoms with Gasteiger partial charge in [0.1, 0.15) is 17.7 Å². The van der Waals surface area contributed by atoms with Gasteiger partial charge >= 0.3 is 0 Å². The van der Waals surface area contributed by atoms with E-state index in [2.05, 4.69) is 40.1 Å². The van der Waals surface area contributed by atoms with Crippen molar-refractivity contribution in [2.75, 3.05) is 32.8 Å². The molecule has 0 spiro atoms. The number of halogens is 2. The third kappa shape index (κ3) is 4.02. The summed E-state index contributed by atoms with van der Waals surface area (Å²) in [7, 11) is 0. The first-order chi connectivity index (χ1) is 14.6. The normalized spacial score (nSPS) is 32.4. The maximum Gasteiger partial charge on any atom is 0.129 e. The maximum atomic E-state index is 14.2. The Balaban J connectivity index is 1.16. The topological polar surface area (TPSA) is 41.7 Å². The fourth-order valence-electron chi connectivity index (χ4n) is 5.55. The molecule has 0 aliphatic carbocycles. The van der Waals surface area contributed by atoms with E-state index in [1.165, 1.54) is 11.6 Å². The van der Waals surface area contributed by atoms with Crippen LogP contribution in [0.1, 0.15) is 23.7 Å². The summed E-state index contributed by atoms with van der Waals surface area (Å²) < 4.78 is 33.7. The minimum Gasteiger partial charge on any atom is -0.370 e. The molecule has 2 aromatic carbocycles. The summed E-state index contributed by atoms with van der Waals surface area (Å²) in [6, 6.07) is 14.0. The van der Waals surface area contributed by atoms with Crippen LogP contribution < -0.4 is 5.73 Å². The zero-order chi connectivity index (χ0) is 20.7. The number of nitrogens with two attached hydrogens (primary N) is 1. The summed E-state index contributed by atoms with van der Waals surface area (Å²) in [5, 5.41) is 0. The number of nitrogens with zero attached hydrogens (tertiary/aromatic N) is 2. The number of benzene rings is 2. The smallest absolute Gasteiger partial charge is 0.129 e. The number of hydrogen-bond acceptors (Lipinski definition) is 4. The van der Waals surface area contributed by atoms with E-state index in [9.17, 15) is 8.78 Å². The second kappa shape index (κ2) is 8.35. The van der Waals surface area contributed by atoms with Crippen molar-refractivity contribution in [1.82, 2.24) is 9.80 Å². The molecule has 3 heterocycles. The Bertz CT molecular complexity index is 866. The lowest BCUT2D eigenvalue weighted by Gasteiger charge is -2.39. The molecular formula is C24H29F2N3O. The highest BCUT2D eigenvalue weighted by atomic mass is 19.1. The van der Waals surface area contributed by atoms with Gasteiger partial charge < -0.3 is 10.5 Å². The highest BCUT2D eigenvalue weighted by Gasteiger charge is 2.44. The summed E-state index contributed by atoms with van der Waals surface area (Å²) >= 11 is 0. The van der Waals surface area contributed by atoms with Crippen LogP contribution in [0.4, 0.5) is 8.78 Å². The van der Waals surface area contributed by atoms with Crippen LogP contribution in [0.3, 0.4) is 0 Å². The van der Waals surface area contributed by atoms with Crippen molar-refractivity contribution in [3.05, 3.63) is 71.3 Å². The molecule has 6 heteroatoms. The summed E-state index contributed by atoms with van der Waals surface area (Å²) in [6.45, 7) is 5.93. The molecule has 2 aromatic rings. The van der Waals surface area contributed by atoms with Crippen molar-refractivity contribution in [1.29, 1.82) is 0 Å². The lowest BCUT2D eigenvalue weighted by atomic mass is 9.93. The molecule has 30 heavy (non-hydrogen) atoms. The first kappa shape index (κ1) is 20.1. The Kier molecular flexibility index (Phi) is 5.58. The summed E-state index contributed by atoms with van der Waals surface area (Å²) in [5.74, 6) is 0.452. The first-order valence-corrected chi connectivity index (χ1v) is 10.9. The third-order valence-corrected chi connectivity index (χ3v) is 7.02. The fourth-order valence-corrected chi connectivity index (χ4v) is 5.55. The number of ether oxygens (including phenoxy) is 1. The monoisotopic (exact) mass is 413 g/mol. The summed E-state index contributed by atoms with van der Waals surface area (Å²) in [6.07, 6.45) is 0.161. The van der Waals surface area contributed by atoms with E-state index >= 15 is 0 Å². The largest absolute Gasteiger partial charge is 0.370 e. The average Bonchev–Trinajstić information content (AvgIpc) is 3.29. The SMILES string of the molecule is N[C@H]1C[C@@H](N2CC3CN(Cc4ccccc4)CC3C2)CO[C@@H]1c1cc(F)ccc1F. The van der Waals surface area contributed by atoms with Crippen LogP contribution in [0, 0.1) is 23.5 Å². The van der Waals surface area contributed by atoms with Gasteiger partial charge in [0.15, 0.2) is 0 Å². The van der Waals surface area contributed by atoms with Crippen molar-refractivity contribution >= 4 is 0 Å². The van der Waals surface area contributed by atoms with Gasteiger partial charge in [0.05, 0.1) is 6.61 Å². The Morgan fingerprint density at radius 2 is 1.70 bits per heavy atom. The van der Waals surface area contributed by atoms with Crippen molar-refractivity contribution in [2.24, 2.45) is 17.6 Å². The standard InChI is InChI=1S/C24H29F2N3O/c25-19-6-7-22(26)21(8-19)24-23(27)9-20(15-30-24)29-13-17-11-28(12-18(17)14-29)10-16-4-2-1-3-5-16/h1-8,17-18,20,23-24H,9-15,27H2/t17?,18?,20-,23+,24-/m1/s1. The van der Waals surface area contributed by atoms with Crippen LogP contribution >= 0.6 is 0 Å². The average molecular weight is 414 g/mol. The third-order valence-electron chi connectivity index (χ3n) is 7.02. The Morgan fingerprint density at radius 3 is 2.40 bits per heavy atom. The van der Waals surface area contributed by atoms with Gasteiger partial charge in [0.2, 0.25) is 0 Å². The number of rotatable bonds is 4.